The first kappa shape index (κ1) is 32.1. The molecule has 2 heterocycles. The normalized spacial score (nSPS) is 15.0. The number of aliphatic carboxylic acids is 1. The second-order valence-electron chi connectivity index (χ2n) is 11.0. The number of aromatic nitrogens is 1. The minimum Gasteiger partial charge on any atom is -0.479 e. The highest BCUT2D eigenvalue weighted by Crippen LogP contribution is 2.28. The Kier molecular flexibility index (Phi) is 10.3. The van der Waals surface area contributed by atoms with Gasteiger partial charge in [0.1, 0.15) is 23.1 Å². The molecule has 0 saturated carbocycles. The summed E-state index contributed by atoms with van der Waals surface area (Å²) in [7, 11) is 0. The number of amides is 3. The molecule has 1 saturated heterocycles. The van der Waals surface area contributed by atoms with E-state index in [0.29, 0.717) is 10.9 Å². The Labute approximate surface area is 244 Å². The van der Waals surface area contributed by atoms with Gasteiger partial charge < -0.3 is 34.4 Å². The maximum Gasteiger partial charge on any atom is 0.409 e. The van der Waals surface area contributed by atoms with Gasteiger partial charge in [0.2, 0.25) is 5.91 Å². The van der Waals surface area contributed by atoms with Crippen molar-refractivity contribution in [1.29, 1.82) is 0 Å². The molecule has 0 radical (unpaired) electrons. The lowest BCUT2D eigenvalue weighted by Crippen LogP contribution is -2.56. The van der Waals surface area contributed by atoms with Gasteiger partial charge in [-0.05, 0) is 59.2 Å². The van der Waals surface area contributed by atoms with Gasteiger partial charge in [0.25, 0.3) is 5.91 Å². The van der Waals surface area contributed by atoms with Crippen molar-refractivity contribution in [2.75, 3.05) is 32.8 Å². The molecule has 1 aromatic carbocycles. The van der Waals surface area contributed by atoms with Gasteiger partial charge in [-0.3, -0.25) is 14.4 Å². The number of hydrogen-bond acceptors (Lipinski definition) is 9. The summed E-state index contributed by atoms with van der Waals surface area (Å²) in [6, 6.07) is 5.25. The number of pyridine rings is 1. The third-order valence-electron chi connectivity index (χ3n) is 6.32. The second kappa shape index (κ2) is 13.5. The fourth-order valence-corrected chi connectivity index (χ4v) is 4.29. The van der Waals surface area contributed by atoms with Crippen LogP contribution in [0.15, 0.2) is 24.3 Å². The zero-order valence-corrected chi connectivity index (χ0v) is 24.8. The summed E-state index contributed by atoms with van der Waals surface area (Å²) in [4.78, 5) is 70.7. The SMILES string of the molecule is CCOC(=O)N1CCN(C(=O)C(CC(=O)OC(C)(C)C)NC(=O)c2cc(O[C@H](C)C(=O)O)c3ccc(C)cc3n2)CC1. The molecule has 0 aliphatic carbocycles. The van der Waals surface area contributed by atoms with E-state index in [0.717, 1.165) is 5.56 Å². The number of carboxylic acid groups (broad SMARTS) is 1. The van der Waals surface area contributed by atoms with Crippen molar-refractivity contribution < 1.29 is 43.3 Å². The second-order valence-corrected chi connectivity index (χ2v) is 11.0. The monoisotopic (exact) mass is 586 g/mol. The molecule has 0 bridgehead atoms. The number of hydrogen-bond donors (Lipinski definition) is 2. The molecule has 13 heteroatoms. The molecule has 42 heavy (non-hydrogen) atoms. The van der Waals surface area contributed by atoms with Crippen LogP contribution in [0.4, 0.5) is 4.79 Å². The molecular formula is C29H38N4O9. The summed E-state index contributed by atoms with van der Waals surface area (Å²) in [5.41, 5.74) is 0.296. The number of nitrogens with zero attached hydrogens (tertiary/aromatic N) is 3. The van der Waals surface area contributed by atoms with E-state index in [4.69, 9.17) is 14.2 Å². The van der Waals surface area contributed by atoms with Gasteiger partial charge in [0.05, 0.1) is 18.5 Å². The first-order valence-corrected chi connectivity index (χ1v) is 13.7. The summed E-state index contributed by atoms with van der Waals surface area (Å²) in [6.07, 6.45) is -2.12. The largest absolute Gasteiger partial charge is 0.479 e. The number of rotatable bonds is 9. The van der Waals surface area contributed by atoms with Crippen molar-refractivity contribution in [1.82, 2.24) is 20.1 Å². The maximum absolute atomic E-state index is 13.6. The van der Waals surface area contributed by atoms with Gasteiger partial charge in [-0.15, -0.1) is 0 Å². The highest BCUT2D eigenvalue weighted by atomic mass is 16.6. The molecule has 1 aliphatic heterocycles. The number of piperazine rings is 1. The van der Waals surface area contributed by atoms with Crippen LogP contribution in [-0.4, -0.2) is 100 Å². The Morgan fingerprint density at radius 2 is 1.69 bits per heavy atom. The van der Waals surface area contributed by atoms with E-state index in [9.17, 15) is 29.1 Å². The van der Waals surface area contributed by atoms with Crippen LogP contribution in [0.1, 0.15) is 57.1 Å². The van der Waals surface area contributed by atoms with Crippen LogP contribution in [-0.2, 0) is 23.9 Å². The number of carbonyl (C=O) groups is 5. The van der Waals surface area contributed by atoms with Gasteiger partial charge in [-0.25, -0.2) is 14.6 Å². The van der Waals surface area contributed by atoms with E-state index in [1.807, 2.05) is 6.92 Å². The molecule has 2 aromatic rings. The molecule has 2 N–H and O–H groups in total. The lowest BCUT2D eigenvalue weighted by molar-refractivity contribution is -0.157. The Morgan fingerprint density at radius 3 is 2.29 bits per heavy atom. The topological polar surface area (TPSA) is 165 Å². The van der Waals surface area contributed by atoms with Gasteiger partial charge in [-0.2, -0.15) is 0 Å². The van der Waals surface area contributed by atoms with Crippen molar-refractivity contribution in [2.45, 2.75) is 65.7 Å². The predicted molar refractivity (Wildman–Crippen MR) is 151 cm³/mol. The predicted octanol–water partition coefficient (Wildman–Crippen LogP) is 2.53. The zero-order valence-electron chi connectivity index (χ0n) is 24.8. The lowest BCUT2D eigenvalue weighted by atomic mass is 10.1. The molecule has 228 valence electrons. The fourth-order valence-electron chi connectivity index (χ4n) is 4.29. The minimum absolute atomic E-state index is 0.130. The molecule has 0 spiro atoms. The quantitative estimate of drug-likeness (QED) is 0.417. The van der Waals surface area contributed by atoms with Crippen molar-refractivity contribution in [2.24, 2.45) is 0 Å². The summed E-state index contributed by atoms with van der Waals surface area (Å²) in [6.45, 7) is 11.0. The molecule has 1 aromatic heterocycles. The van der Waals surface area contributed by atoms with E-state index in [1.54, 1.807) is 45.9 Å². The van der Waals surface area contributed by atoms with Crippen LogP contribution in [0.2, 0.25) is 0 Å². The third-order valence-corrected chi connectivity index (χ3v) is 6.32. The Bertz CT molecular complexity index is 1350. The van der Waals surface area contributed by atoms with Crippen LogP contribution in [0, 0.1) is 6.92 Å². The minimum atomic E-state index is -1.29. The number of benzene rings is 1. The number of carbonyl (C=O) groups excluding carboxylic acids is 4. The van der Waals surface area contributed by atoms with Crippen LogP contribution in [0.25, 0.3) is 10.9 Å². The van der Waals surface area contributed by atoms with E-state index in [-0.39, 0.29) is 44.2 Å². The molecule has 1 unspecified atom stereocenters. The number of nitrogens with one attached hydrogen (secondary N) is 1. The maximum atomic E-state index is 13.6. The summed E-state index contributed by atoms with van der Waals surface area (Å²) in [5, 5.41) is 12.5. The molecule has 2 atom stereocenters. The van der Waals surface area contributed by atoms with E-state index in [1.165, 1.54) is 22.8 Å². The third kappa shape index (κ3) is 8.54. The van der Waals surface area contributed by atoms with Crippen LogP contribution in [0.5, 0.6) is 5.75 Å². The number of aryl methyl sites for hydroxylation is 1. The van der Waals surface area contributed by atoms with Gasteiger partial charge >= 0.3 is 18.0 Å². The van der Waals surface area contributed by atoms with Gasteiger partial charge in [0.15, 0.2) is 6.10 Å². The Hall–Kier alpha value is -4.42. The van der Waals surface area contributed by atoms with Gasteiger partial charge in [-0.1, -0.05) is 6.07 Å². The van der Waals surface area contributed by atoms with Crippen molar-refractivity contribution >= 4 is 40.7 Å². The molecule has 1 aliphatic rings. The molecule has 3 rings (SSSR count). The van der Waals surface area contributed by atoms with Crippen LogP contribution in [0.3, 0.4) is 0 Å². The molecular weight excluding hydrogens is 548 g/mol. The number of ether oxygens (including phenoxy) is 3. The first-order chi connectivity index (χ1) is 19.7. The number of fused-ring (bicyclic) bond motifs is 1. The number of carboxylic acids is 1. The average molecular weight is 587 g/mol. The van der Waals surface area contributed by atoms with Crippen molar-refractivity contribution in [3.8, 4) is 5.75 Å². The molecule has 13 nitrogen and oxygen atoms in total. The lowest BCUT2D eigenvalue weighted by Gasteiger charge is -2.36. The van der Waals surface area contributed by atoms with Crippen molar-refractivity contribution in [3.05, 3.63) is 35.5 Å². The standard InChI is InChI=1S/C29H38N4O9/c1-7-40-28(39)33-12-10-32(11-13-33)26(36)22(16-24(34)42-29(4,5)6)31-25(35)21-15-23(41-18(3)27(37)38)19-9-8-17(2)14-20(19)30-21/h8-9,14-15,18,22H,7,10-13,16H2,1-6H3,(H,31,35)(H,37,38)/t18-,22?/m1/s1. The Balaban J connectivity index is 1.88. The van der Waals surface area contributed by atoms with Crippen LogP contribution < -0.4 is 10.1 Å². The van der Waals surface area contributed by atoms with Crippen LogP contribution >= 0.6 is 0 Å². The smallest absolute Gasteiger partial charge is 0.409 e. The average Bonchev–Trinajstić information content (AvgIpc) is 2.91. The van der Waals surface area contributed by atoms with Crippen molar-refractivity contribution in [3.63, 3.8) is 0 Å². The summed E-state index contributed by atoms with van der Waals surface area (Å²) >= 11 is 0. The van der Waals surface area contributed by atoms with E-state index < -0.39 is 54.0 Å². The number of esters is 1. The van der Waals surface area contributed by atoms with E-state index >= 15 is 0 Å². The van der Waals surface area contributed by atoms with Gasteiger partial charge in [0, 0.05) is 37.6 Å². The summed E-state index contributed by atoms with van der Waals surface area (Å²) in [5.74, 6) is -3.04. The fraction of sp³-hybridized carbons (Fsp3) is 0.517. The highest BCUT2D eigenvalue weighted by Gasteiger charge is 2.33. The zero-order chi connectivity index (χ0) is 31.2. The van der Waals surface area contributed by atoms with E-state index in [2.05, 4.69) is 10.3 Å². The highest BCUT2D eigenvalue weighted by molar-refractivity contribution is 6.00. The Morgan fingerprint density at radius 1 is 1.05 bits per heavy atom. The first-order valence-electron chi connectivity index (χ1n) is 13.7. The molecule has 1 fully saturated rings. The summed E-state index contributed by atoms with van der Waals surface area (Å²) < 4.78 is 16.1. The molecule has 3 amide bonds.